The summed E-state index contributed by atoms with van der Waals surface area (Å²) >= 11 is 1.22. The van der Waals surface area contributed by atoms with Crippen molar-refractivity contribution in [2.75, 3.05) is 32.6 Å². The van der Waals surface area contributed by atoms with Crippen LogP contribution in [0, 0.1) is 0 Å². The van der Waals surface area contributed by atoms with Crippen molar-refractivity contribution >= 4 is 42.6 Å². The number of aromatic nitrogens is 1. The van der Waals surface area contributed by atoms with Crippen molar-refractivity contribution < 1.29 is 22.7 Å². The predicted molar refractivity (Wildman–Crippen MR) is 136 cm³/mol. The molecule has 0 spiro atoms. The van der Waals surface area contributed by atoms with Gasteiger partial charge in [-0.25, -0.2) is 13.4 Å². The second-order valence-corrected chi connectivity index (χ2v) is 10.7. The number of ether oxygens (including phenoxy) is 2. The van der Waals surface area contributed by atoms with Crippen LogP contribution in [0.2, 0.25) is 0 Å². The smallest absolute Gasteiger partial charge is 0.265 e. The molecule has 0 fully saturated rings. The second kappa shape index (κ2) is 11.6. The van der Waals surface area contributed by atoms with Crippen LogP contribution in [0.3, 0.4) is 0 Å². The Balaban J connectivity index is 1.89. The van der Waals surface area contributed by atoms with Crippen LogP contribution in [-0.2, 0) is 10.0 Å². The van der Waals surface area contributed by atoms with Crippen molar-refractivity contribution in [1.29, 1.82) is 0 Å². The van der Waals surface area contributed by atoms with E-state index in [0.717, 1.165) is 25.7 Å². The van der Waals surface area contributed by atoms with Crippen molar-refractivity contribution in [2.45, 2.75) is 44.4 Å². The van der Waals surface area contributed by atoms with Gasteiger partial charge < -0.3 is 9.47 Å². The van der Waals surface area contributed by atoms with E-state index in [0.29, 0.717) is 39.9 Å². The van der Waals surface area contributed by atoms with Crippen LogP contribution < -0.4 is 14.8 Å². The largest absolute Gasteiger partial charge is 0.496 e. The predicted octanol–water partition coefficient (Wildman–Crippen LogP) is 5.16. The highest BCUT2D eigenvalue weighted by Crippen LogP contribution is 2.32. The van der Waals surface area contributed by atoms with Gasteiger partial charge in [0, 0.05) is 13.1 Å². The Labute approximate surface area is 205 Å². The molecule has 1 aromatic heterocycles. The second-order valence-electron chi connectivity index (χ2n) is 7.75. The Hall–Kier alpha value is -2.69. The lowest BCUT2D eigenvalue weighted by molar-refractivity contribution is 0.102. The van der Waals surface area contributed by atoms with Gasteiger partial charge in [0.05, 0.1) is 29.3 Å². The molecule has 0 aliphatic heterocycles. The van der Waals surface area contributed by atoms with Gasteiger partial charge in [-0.1, -0.05) is 44.1 Å². The summed E-state index contributed by atoms with van der Waals surface area (Å²) in [5.74, 6) is 0.336. The molecular formula is C24H31N3O5S2. The number of amides is 1. The zero-order valence-corrected chi connectivity index (χ0v) is 21.6. The van der Waals surface area contributed by atoms with E-state index < -0.39 is 15.9 Å². The van der Waals surface area contributed by atoms with Gasteiger partial charge in [0.25, 0.3) is 5.91 Å². The summed E-state index contributed by atoms with van der Waals surface area (Å²) in [6.45, 7) is 5.10. The SMILES string of the molecule is CCCCN(CCCC)S(=O)(=O)c1ccc2nc(NC(=O)c3c(OC)cccc3OC)sc2c1. The van der Waals surface area contributed by atoms with Gasteiger partial charge in [-0.15, -0.1) is 0 Å². The Bertz CT molecular complexity index is 1210. The van der Waals surface area contributed by atoms with Crippen molar-refractivity contribution in [1.82, 2.24) is 9.29 Å². The van der Waals surface area contributed by atoms with Crippen LogP contribution in [0.5, 0.6) is 11.5 Å². The number of hydrogen-bond donors (Lipinski definition) is 1. The van der Waals surface area contributed by atoms with Crippen LogP contribution >= 0.6 is 11.3 Å². The number of carbonyl (C=O) groups is 1. The molecule has 34 heavy (non-hydrogen) atoms. The lowest BCUT2D eigenvalue weighted by Gasteiger charge is -2.21. The van der Waals surface area contributed by atoms with E-state index >= 15 is 0 Å². The number of rotatable bonds is 12. The summed E-state index contributed by atoms with van der Waals surface area (Å²) in [4.78, 5) is 17.6. The minimum Gasteiger partial charge on any atom is -0.496 e. The zero-order valence-electron chi connectivity index (χ0n) is 20.0. The minimum absolute atomic E-state index is 0.236. The van der Waals surface area contributed by atoms with Gasteiger partial charge >= 0.3 is 0 Å². The summed E-state index contributed by atoms with van der Waals surface area (Å²) < 4.78 is 39.5. The average molecular weight is 506 g/mol. The molecule has 1 heterocycles. The van der Waals surface area contributed by atoms with Crippen molar-refractivity contribution in [3.63, 3.8) is 0 Å². The van der Waals surface area contributed by atoms with Crippen LogP contribution in [0.1, 0.15) is 49.9 Å². The first-order valence-corrected chi connectivity index (χ1v) is 13.5. The Morgan fingerprint density at radius 2 is 1.65 bits per heavy atom. The maximum absolute atomic E-state index is 13.3. The molecule has 0 saturated carbocycles. The number of hydrogen-bond acceptors (Lipinski definition) is 7. The quantitative estimate of drug-likeness (QED) is 0.365. The minimum atomic E-state index is -3.62. The lowest BCUT2D eigenvalue weighted by Crippen LogP contribution is -2.33. The Morgan fingerprint density at radius 1 is 1.03 bits per heavy atom. The summed E-state index contributed by atoms with van der Waals surface area (Å²) in [7, 11) is -0.657. The molecule has 1 amide bonds. The number of fused-ring (bicyclic) bond motifs is 1. The van der Waals surface area contributed by atoms with Crippen molar-refractivity contribution in [3.8, 4) is 11.5 Å². The maximum Gasteiger partial charge on any atom is 0.265 e. The fourth-order valence-corrected chi connectivity index (χ4v) is 6.04. The molecule has 1 N–H and O–H groups in total. The zero-order chi connectivity index (χ0) is 24.7. The summed E-state index contributed by atoms with van der Waals surface area (Å²) in [5.41, 5.74) is 0.873. The van der Waals surface area contributed by atoms with E-state index in [1.54, 1.807) is 40.7 Å². The first kappa shape index (κ1) is 25.9. The van der Waals surface area contributed by atoms with Crippen LogP contribution in [0.15, 0.2) is 41.3 Å². The maximum atomic E-state index is 13.3. The molecule has 8 nitrogen and oxygen atoms in total. The van der Waals surface area contributed by atoms with Crippen molar-refractivity contribution in [2.24, 2.45) is 0 Å². The molecule has 0 saturated heterocycles. The topological polar surface area (TPSA) is 97.8 Å². The number of nitrogens with one attached hydrogen (secondary N) is 1. The molecule has 2 aromatic carbocycles. The molecule has 0 unspecified atom stereocenters. The number of methoxy groups -OCH3 is 2. The number of carbonyl (C=O) groups excluding carboxylic acids is 1. The number of unbranched alkanes of at least 4 members (excludes halogenated alkanes) is 2. The van der Waals surface area contributed by atoms with E-state index in [1.165, 1.54) is 25.6 Å². The highest BCUT2D eigenvalue weighted by atomic mass is 32.2. The normalized spacial score (nSPS) is 11.7. The highest BCUT2D eigenvalue weighted by Gasteiger charge is 2.25. The third-order valence-electron chi connectivity index (χ3n) is 5.40. The number of nitrogens with zero attached hydrogens (tertiary/aromatic N) is 2. The standard InChI is InChI=1S/C24H31N3O5S2/c1-5-7-14-27(15-8-6-2)34(29,30)17-12-13-18-21(16-17)33-24(25-18)26-23(28)22-19(31-3)10-9-11-20(22)32-4/h9-13,16H,5-8,14-15H2,1-4H3,(H,25,26,28). The first-order valence-electron chi connectivity index (χ1n) is 11.3. The molecule has 0 bridgehead atoms. The molecule has 184 valence electrons. The number of benzene rings is 2. The van der Waals surface area contributed by atoms with E-state index in [-0.39, 0.29) is 10.5 Å². The van der Waals surface area contributed by atoms with E-state index in [2.05, 4.69) is 10.3 Å². The monoisotopic (exact) mass is 505 g/mol. The molecule has 10 heteroatoms. The molecule has 0 aliphatic carbocycles. The summed E-state index contributed by atoms with van der Waals surface area (Å²) in [6.07, 6.45) is 3.47. The number of anilines is 1. The van der Waals surface area contributed by atoms with Gasteiger partial charge in [0.1, 0.15) is 17.1 Å². The fraction of sp³-hybridized carbons (Fsp3) is 0.417. The molecular weight excluding hydrogens is 474 g/mol. The van der Waals surface area contributed by atoms with Crippen LogP contribution in [0.25, 0.3) is 10.2 Å². The fourth-order valence-electron chi connectivity index (χ4n) is 3.52. The van der Waals surface area contributed by atoms with Gasteiger partial charge in [-0.05, 0) is 43.2 Å². The number of thiazole rings is 1. The Morgan fingerprint density at radius 3 is 2.21 bits per heavy atom. The number of sulfonamides is 1. The molecule has 0 radical (unpaired) electrons. The lowest BCUT2D eigenvalue weighted by atomic mass is 10.1. The van der Waals surface area contributed by atoms with E-state index in [4.69, 9.17) is 9.47 Å². The summed E-state index contributed by atoms with van der Waals surface area (Å²) in [5, 5.41) is 3.14. The van der Waals surface area contributed by atoms with Crippen molar-refractivity contribution in [3.05, 3.63) is 42.0 Å². The van der Waals surface area contributed by atoms with Gasteiger partial charge in [-0.3, -0.25) is 10.1 Å². The molecule has 3 aromatic rings. The van der Waals surface area contributed by atoms with Crippen LogP contribution in [-0.4, -0.2) is 50.9 Å². The van der Waals surface area contributed by atoms with Crippen LogP contribution in [0.4, 0.5) is 5.13 Å². The Kier molecular flexibility index (Phi) is 8.87. The molecule has 0 atom stereocenters. The first-order chi connectivity index (χ1) is 16.3. The molecule has 3 rings (SSSR count). The third-order valence-corrected chi connectivity index (χ3v) is 8.22. The third kappa shape index (κ3) is 5.68. The van der Waals surface area contributed by atoms with E-state index in [1.807, 2.05) is 13.8 Å². The van der Waals surface area contributed by atoms with E-state index in [9.17, 15) is 13.2 Å². The highest BCUT2D eigenvalue weighted by molar-refractivity contribution is 7.89. The molecule has 0 aliphatic rings. The van der Waals surface area contributed by atoms with Gasteiger partial charge in [-0.2, -0.15) is 4.31 Å². The van der Waals surface area contributed by atoms with Gasteiger partial charge in [0.15, 0.2) is 5.13 Å². The van der Waals surface area contributed by atoms with Gasteiger partial charge in [0.2, 0.25) is 10.0 Å². The summed E-state index contributed by atoms with van der Waals surface area (Å²) in [6, 6.07) is 9.98. The average Bonchev–Trinajstić information content (AvgIpc) is 3.24.